The lowest BCUT2D eigenvalue weighted by Crippen LogP contribution is -2.12. The molecule has 0 amide bonds. The third-order valence-corrected chi connectivity index (χ3v) is 2.64. The van der Waals surface area contributed by atoms with E-state index in [9.17, 15) is 0 Å². The highest BCUT2D eigenvalue weighted by Gasteiger charge is 2.19. The van der Waals surface area contributed by atoms with E-state index in [2.05, 4.69) is 35.9 Å². The Balaban J connectivity index is 2.56. The summed E-state index contributed by atoms with van der Waals surface area (Å²) in [5, 5.41) is 0. The van der Waals surface area contributed by atoms with Crippen LogP contribution in [0.15, 0.2) is 10.6 Å². The first-order valence-electron chi connectivity index (χ1n) is 3.45. The van der Waals surface area contributed by atoms with Crippen molar-refractivity contribution in [3.05, 3.63) is 10.6 Å². The molecule has 0 aromatic carbocycles. The van der Waals surface area contributed by atoms with Crippen LogP contribution in [0.2, 0.25) is 0 Å². The van der Waals surface area contributed by atoms with E-state index in [0.717, 1.165) is 0 Å². The van der Waals surface area contributed by atoms with Gasteiger partial charge in [0.15, 0.2) is 0 Å². The van der Waals surface area contributed by atoms with Gasteiger partial charge >= 0.3 is 0 Å². The lowest BCUT2D eigenvalue weighted by Gasteiger charge is -2.26. The van der Waals surface area contributed by atoms with Crippen molar-refractivity contribution in [2.75, 3.05) is 0 Å². The second-order valence-electron chi connectivity index (χ2n) is 3.52. The SMILES string of the molecule is CC1(C)CC=C(Br)CC1. The molecular formula is C8H13Br. The minimum atomic E-state index is 0.553. The first kappa shape index (κ1) is 7.33. The molecule has 0 bridgehead atoms. The van der Waals surface area contributed by atoms with Gasteiger partial charge < -0.3 is 0 Å². The minimum Gasteiger partial charge on any atom is -0.0738 e. The Kier molecular flexibility index (Phi) is 2.00. The highest BCUT2D eigenvalue weighted by atomic mass is 79.9. The molecule has 0 fully saturated rings. The van der Waals surface area contributed by atoms with E-state index in [1.165, 1.54) is 23.7 Å². The monoisotopic (exact) mass is 188 g/mol. The minimum absolute atomic E-state index is 0.553. The van der Waals surface area contributed by atoms with Crippen LogP contribution in [-0.2, 0) is 0 Å². The first-order valence-corrected chi connectivity index (χ1v) is 4.24. The lowest BCUT2D eigenvalue weighted by molar-refractivity contribution is 0.329. The molecule has 1 heteroatoms. The van der Waals surface area contributed by atoms with E-state index >= 15 is 0 Å². The maximum atomic E-state index is 3.50. The fourth-order valence-electron chi connectivity index (χ4n) is 1.05. The third kappa shape index (κ3) is 2.13. The van der Waals surface area contributed by atoms with Crippen molar-refractivity contribution >= 4 is 15.9 Å². The van der Waals surface area contributed by atoms with E-state index in [4.69, 9.17) is 0 Å². The van der Waals surface area contributed by atoms with E-state index in [1.807, 2.05) is 0 Å². The van der Waals surface area contributed by atoms with Crippen molar-refractivity contribution in [1.29, 1.82) is 0 Å². The standard InChI is InChI=1S/C8H13Br/c1-8(2)5-3-7(9)4-6-8/h3H,4-6H2,1-2H3. The summed E-state index contributed by atoms with van der Waals surface area (Å²) in [6.45, 7) is 4.64. The molecule has 0 spiro atoms. The average Bonchev–Trinajstić information content (AvgIpc) is 1.78. The second-order valence-corrected chi connectivity index (χ2v) is 4.54. The Morgan fingerprint density at radius 1 is 1.56 bits per heavy atom. The van der Waals surface area contributed by atoms with Crippen LogP contribution >= 0.6 is 15.9 Å². The summed E-state index contributed by atoms with van der Waals surface area (Å²) in [7, 11) is 0. The van der Waals surface area contributed by atoms with Gasteiger partial charge in [0.25, 0.3) is 0 Å². The molecule has 0 saturated carbocycles. The molecule has 0 aromatic heterocycles. The van der Waals surface area contributed by atoms with Gasteiger partial charge in [-0.05, 0) is 29.2 Å². The zero-order chi connectivity index (χ0) is 6.91. The van der Waals surface area contributed by atoms with Gasteiger partial charge in [-0.25, -0.2) is 0 Å². The molecule has 0 radical (unpaired) electrons. The van der Waals surface area contributed by atoms with Crippen LogP contribution in [0.4, 0.5) is 0 Å². The van der Waals surface area contributed by atoms with Crippen LogP contribution in [0.1, 0.15) is 33.1 Å². The zero-order valence-corrected chi connectivity index (χ0v) is 7.66. The Morgan fingerprint density at radius 2 is 2.22 bits per heavy atom. The second kappa shape index (κ2) is 2.45. The number of hydrogen-bond donors (Lipinski definition) is 0. The first-order chi connectivity index (χ1) is 4.10. The molecule has 9 heavy (non-hydrogen) atoms. The summed E-state index contributed by atoms with van der Waals surface area (Å²) in [5.74, 6) is 0. The highest BCUT2D eigenvalue weighted by Crippen LogP contribution is 2.35. The largest absolute Gasteiger partial charge is 0.0738 e. The van der Waals surface area contributed by atoms with Crippen LogP contribution < -0.4 is 0 Å². The van der Waals surface area contributed by atoms with Crippen LogP contribution in [0.3, 0.4) is 0 Å². The summed E-state index contributed by atoms with van der Waals surface area (Å²) in [5.41, 5.74) is 0.553. The van der Waals surface area contributed by atoms with Crippen LogP contribution in [0.25, 0.3) is 0 Å². The number of hydrogen-bond acceptors (Lipinski definition) is 0. The number of halogens is 1. The molecule has 0 saturated heterocycles. The van der Waals surface area contributed by atoms with Crippen molar-refractivity contribution in [1.82, 2.24) is 0 Å². The Morgan fingerprint density at radius 3 is 2.56 bits per heavy atom. The fourth-order valence-corrected chi connectivity index (χ4v) is 1.41. The maximum absolute atomic E-state index is 3.50. The molecule has 0 atom stereocenters. The maximum Gasteiger partial charge on any atom is -0.00888 e. The van der Waals surface area contributed by atoms with Gasteiger partial charge in [-0.3, -0.25) is 0 Å². The fraction of sp³-hybridized carbons (Fsp3) is 0.750. The Bertz CT molecular complexity index is 134. The van der Waals surface area contributed by atoms with E-state index in [-0.39, 0.29) is 0 Å². The summed E-state index contributed by atoms with van der Waals surface area (Å²) >= 11 is 3.50. The summed E-state index contributed by atoms with van der Waals surface area (Å²) in [6, 6.07) is 0. The van der Waals surface area contributed by atoms with E-state index in [1.54, 1.807) is 0 Å². The van der Waals surface area contributed by atoms with Gasteiger partial charge in [0, 0.05) is 0 Å². The van der Waals surface area contributed by atoms with Gasteiger partial charge in [0.1, 0.15) is 0 Å². The molecule has 0 aliphatic heterocycles. The quantitative estimate of drug-likeness (QED) is 0.547. The smallest absolute Gasteiger partial charge is 0.00888 e. The van der Waals surface area contributed by atoms with Gasteiger partial charge in [-0.1, -0.05) is 35.9 Å². The van der Waals surface area contributed by atoms with Crippen LogP contribution in [-0.4, -0.2) is 0 Å². The molecule has 1 rings (SSSR count). The van der Waals surface area contributed by atoms with Crippen molar-refractivity contribution in [2.24, 2.45) is 5.41 Å². The molecular weight excluding hydrogens is 176 g/mol. The molecule has 0 unspecified atom stereocenters. The van der Waals surface area contributed by atoms with Gasteiger partial charge in [0.2, 0.25) is 0 Å². The summed E-state index contributed by atoms with van der Waals surface area (Å²) in [6.07, 6.45) is 6.08. The molecule has 1 aliphatic rings. The third-order valence-electron chi connectivity index (χ3n) is 1.92. The van der Waals surface area contributed by atoms with Crippen molar-refractivity contribution in [3.63, 3.8) is 0 Å². The van der Waals surface area contributed by atoms with Crippen molar-refractivity contribution in [2.45, 2.75) is 33.1 Å². The van der Waals surface area contributed by atoms with E-state index in [0.29, 0.717) is 5.41 Å². The van der Waals surface area contributed by atoms with Crippen molar-refractivity contribution in [3.8, 4) is 0 Å². The van der Waals surface area contributed by atoms with Crippen molar-refractivity contribution < 1.29 is 0 Å². The molecule has 0 nitrogen and oxygen atoms in total. The van der Waals surface area contributed by atoms with E-state index < -0.39 is 0 Å². The van der Waals surface area contributed by atoms with Crippen LogP contribution in [0, 0.1) is 5.41 Å². The Labute approximate surface area is 65.5 Å². The lowest BCUT2D eigenvalue weighted by atomic mass is 9.81. The predicted octanol–water partition coefficient (Wildman–Crippen LogP) is 3.48. The molecule has 0 aromatic rings. The normalized spacial score (nSPS) is 25.4. The molecule has 52 valence electrons. The number of rotatable bonds is 0. The Hall–Kier alpha value is 0.220. The summed E-state index contributed by atoms with van der Waals surface area (Å²) < 4.78 is 1.39. The number of allylic oxidation sites excluding steroid dienone is 2. The zero-order valence-electron chi connectivity index (χ0n) is 6.08. The van der Waals surface area contributed by atoms with Gasteiger partial charge in [0.05, 0.1) is 0 Å². The summed E-state index contributed by atoms with van der Waals surface area (Å²) in [4.78, 5) is 0. The predicted molar refractivity (Wildman–Crippen MR) is 44.6 cm³/mol. The van der Waals surface area contributed by atoms with Gasteiger partial charge in [-0.15, -0.1) is 0 Å². The van der Waals surface area contributed by atoms with Crippen LogP contribution in [0.5, 0.6) is 0 Å². The highest BCUT2D eigenvalue weighted by molar-refractivity contribution is 9.11. The molecule has 0 heterocycles. The average molecular weight is 189 g/mol. The molecule has 1 aliphatic carbocycles. The van der Waals surface area contributed by atoms with Gasteiger partial charge in [-0.2, -0.15) is 0 Å². The topological polar surface area (TPSA) is 0 Å². The molecule has 0 N–H and O–H groups in total.